The number of aldehydes is 1. The highest BCUT2D eigenvalue weighted by Gasteiger charge is 2.05. The van der Waals surface area contributed by atoms with Gasteiger partial charge in [0, 0.05) is 12.0 Å². The van der Waals surface area contributed by atoms with E-state index in [1.165, 1.54) is 38.5 Å². The number of phenolic OH excluding ortho intramolecular Hbond substituents is 2. The van der Waals surface area contributed by atoms with E-state index in [1.807, 2.05) is 0 Å². The summed E-state index contributed by atoms with van der Waals surface area (Å²) in [5.74, 6) is 0.399. The van der Waals surface area contributed by atoms with Crippen molar-refractivity contribution in [3.05, 3.63) is 23.8 Å². The molecule has 0 aliphatic heterocycles. The fourth-order valence-corrected chi connectivity index (χ4v) is 2.59. The second-order valence-corrected chi connectivity index (χ2v) is 5.66. The lowest BCUT2D eigenvalue weighted by atomic mass is 10.0. The third kappa shape index (κ3) is 7.74. The molecule has 0 fully saturated rings. The Balaban J connectivity index is 1.96. The van der Waals surface area contributed by atoms with Crippen LogP contribution in [0.15, 0.2) is 18.2 Å². The number of phenols is 2. The van der Waals surface area contributed by atoms with Crippen LogP contribution in [0.2, 0.25) is 0 Å². The molecule has 0 saturated heterocycles. The fraction of sp³-hybridized carbons (Fsp3) is 0.611. The summed E-state index contributed by atoms with van der Waals surface area (Å²) < 4.78 is 0. The fourth-order valence-electron chi connectivity index (χ4n) is 2.59. The number of hydrogen-bond donors (Lipinski definition) is 2. The first-order valence-corrected chi connectivity index (χ1v) is 8.19. The van der Waals surface area contributed by atoms with E-state index >= 15 is 0 Å². The lowest BCUT2D eigenvalue weighted by molar-refractivity contribution is -0.107. The molecule has 1 aromatic rings. The lowest BCUT2D eigenvalue weighted by Gasteiger charge is -2.07. The molecule has 0 spiro atoms. The zero-order chi connectivity index (χ0) is 15.3. The van der Waals surface area contributed by atoms with Crippen molar-refractivity contribution in [2.45, 2.75) is 70.6 Å². The highest BCUT2D eigenvalue weighted by atomic mass is 16.3. The van der Waals surface area contributed by atoms with Crippen molar-refractivity contribution in [3.63, 3.8) is 0 Å². The topological polar surface area (TPSA) is 57.5 Å². The van der Waals surface area contributed by atoms with Gasteiger partial charge in [-0.1, -0.05) is 51.0 Å². The average Bonchev–Trinajstić information content (AvgIpc) is 2.47. The summed E-state index contributed by atoms with van der Waals surface area (Å²) in [5, 5.41) is 19.3. The van der Waals surface area contributed by atoms with Gasteiger partial charge in [-0.05, 0) is 31.4 Å². The maximum absolute atomic E-state index is 10.2. The summed E-state index contributed by atoms with van der Waals surface area (Å²) in [5.41, 5.74) is 0.674. The van der Waals surface area contributed by atoms with Crippen LogP contribution in [0.1, 0.15) is 69.8 Å². The Morgan fingerprint density at radius 2 is 1.24 bits per heavy atom. The van der Waals surface area contributed by atoms with Gasteiger partial charge >= 0.3 is 0 Å². The number of unbranched alkanes of at least 4 members (excludes halogenated alkanes) is 9. The van der Waals surface area contributed by atoms with Crippen LogP contribution >= 0.6 is 0 Å². The van der Waals surface area contributed by atoms with E-state index in [4.69, 9.17) is 0 Å². The third-order valence-corrected chi connectivity index (χ3v) is 3.88. The number of hydrogen-bond acceptors (Lipinski definition) is 3. The molecule has 0 atom stereocenters. The maximum atomic E-state index is 10.2. The van der Waals surface area contributed by atoms with Crippen LogP contribution in [0.3, 0.4) is 0 Å². The first-order chi connectivity index (χ1) is 10.3. The van der Waals surface area contributed by atoms with E-state index < -0.39 is 0 Å². The SMILES string of the molecule is O=CCCCCCCCCCCCc1c(O)cccc1O. The molecular weight excluding hydrogens is 264 g/mol. The van der Waals surface area contributed by atoms with Gasteiger partial charge in [0.15, 0.2) is 0 Å². The number of carbonyl (C=O) groups excluding carboxylic acids is 1. The minimum Gasteiger partial charge on any atom is -0.508 e. The quantitative estimate of drug-likeness (QED) is 0.432. The van der Waals surface area contributed by atoms with Gasteiger partial charge in [0.25, 0.3) is 0 Å². The minimum absolute atomic E-state index is 0.199. The van der Waals surface area contributed by atoms with Crippen molar-refractivity contribution in [2.24, 2.45) is 0 Å². The molecular formula is C18H28O3. The Kier molecular flexibility index (Phi) is 9.34. The van der Waals surface area contributed by atoms with Crippen LogP contribution in [0.5, 0.6) is 11.5 Å². The smallest absolute Gasteiger partial charge is 0.122 e. The van der Waals surface area contributed by atoms with E-state index in [0.717, 1.165) is 32.0 Å². The predicted octanol–water partition coefficient (Wildman–Crippen LogP) is 4.74. The summed E-state index contributed by atoms with van der Waals surface area (Å²) in [4.78, 5) is 10.2. The Bertz CT molecular complexity index is 381. The average molecular weight is 292 g/mol. The molecule has 0 heterocycles. The van der Waals surface area contributed by atoms with Gasteiger partial charge in [0.05, 0.1) is 0 Å². The molecule has 0 aromatic heterocycles. The summed E-state index contributed by atoms with van der Waals surface area (Å²) in [6.45, 7) is 0. The zero-order valence-electron chi connectivity index (χ0n) is 12.9. The lowest BCUT2D eigenvalue weighted by Crippen LogP contribution is -1.88. The molecule has 21 heavy (non-hydrogen) atoms. The van der Waals surface area contributed by atoms with Crippen molar-refractivity contribution >= 4 is 6.29 Å². The number of benzene rings is 1. The Labute approximate surface area is 128 Å². The van der Waals surface area contributed by atoms with E-state index in [2.05, 4.69) is 0 Å². The second kappa shape index (κ2) is 11.2. The monoisotopic (exact) mass is 292 g/mol. The van der Waals surface area contributed by atoms with Crippen molar-refractivity contribution in [3.8, 4) is 11.5 Å². The summed E-state index contributed by atoms with van der Waals surface area (Å²) in [6.07, 6.45) is 13.0. The molecule has 0 aliphatic rings. The highest BCUT2D eigenvalue weighted by Crippen LogP contribution is 2.28. The molecule has 1 rings (SSSR count). The first kappa shape index (κ1) is 17.5. The molecule has 0 aliphatic carbocycles. The highest BCUT2D eigenvalue weighted by molar-refractivity contribution is 5.48. The van der Waals surface area contributed by atoms with Crippen LogP contribution < -0.4 is 0 Å². The Morgan fingerprint density at radius 1 is 0.762 bits per heavy atom. The Morgan fingerprint density at radius 3 is 1.76 bits per heavy atom. The van der Waals surface area contributed by atoms with Crippen LogP contribution in [-0.2, 0) is 11.2 Å². The van der Waals surface area contributed by atoms with Crippen LogP contribution in [-0.4, -0.2) is 16.5 Å². The third-order valence-electron chi connectivity index (χ3n) is 3.88. The van der Waals surface area contributed by atoms with E-state index in [1.54, 1.807) is 18.2 Å². The van der Waals surface area contributed by atoms with E-state index in [0.29, 0.717) is 12.0 Å². The molecule has 0 unspecified atom stereocenters. The van der Waals surface area contributed by atoms with Crippen molar-refractivity contribution in [1.29, 1.82) is 0 Å². The summed E-state index contributed by atoms with van der Waals surface area (Å²) in [7, 11) is 0. The van der Waals surface area contributed by atoms with E-state index in [9.17, 15) is 15.0 Å². The molecule has 1 aromatic carbocycles. The van der Waals surface area contributed by atoms with Crippen molar-refractivity contribution < 1.29 is 15.0 Å². The molecule has 0 amide bonds. The standard InChI is InChI=1S/C18H28O3/c19-15-10-8-6-4-2-1-3-5-7-9-12-16-17(20)13-11-14-18(16)21/h11,13-15,20-21H,1-10,12H2. The van der Waals surface area contributed by atoms with Gasteiger partial charge in [-0.15, -0.1) is 0 Å². The van der Waals surface area contributed by atoms with Crippen molar-refractivity contribution in [2.75, 3.05) is 0 Å². The molecule has 118 valence electrons. The number of carbonyl (C=O) groups is 1. The van der Waals surface area contributed by atoms with Gasteiger partial charge in [0.2, 0.25) is 0 Å². The second-order valence-electron chi connectivity index (χ2n) is 5.66. The molecule has 0 bridgehead atoms. The van der Waals surface area contributed by atoms with Gasteiger partial charge in [-0.3, -0.25) is 0 Å². The predicted molar refractivity (Wildman–Crippen MR) is 85.7 cm³/mol. The molecule has 3 nitrogen and oxygen atoms in total. The molecule has 3 heteroatoms. The Hall–Kier alpha value is -1.51. The van der Waals surface area contributed by atoms with Crippen LogP contribution in [0.4, 0.5) is 0 Å². The van der Waals surface area contributed by atoms with Gasteiger partial charge in [-0.2, -0.15) is 0 Å². The minimum atomic E-state index is 0.199. The van der Waals surface area contributed by atoms with Gasteiger partial charge < -0.3 is 15.0 Å². The number of aromatic hydroxyl groups is 2. The van der Waals surface area contributed by atoms with Crippen LogP contribution in [0, 0.1) is 0 Å². The molecule has 0 saturated carbocycles. The van der Waals surface area contributed by atoms with Gasteiger partial charge in [0.1, 0.15) is 17.8 Å². The first-order valence-electron chi connectivity index (χ1n) is 8.19. The largest absolute Gasteiger partial charge is 0.508 e. The number of rotatable bonds is 12. The normalized spacial score (nSPS) is 10.7. The van der Waals surface area contributed by atoms with E-state index in [-0.39, 0.29) is 11.5 Å². The molecule has 2 N–H and O–H groups in total. The zero-order valence-corrected chi connectivity index (χ0v) is 12.9. The maximum Gasteiger partial charge on any atom is 0.122 e. The van der Waals surface area contributed by atoms with Crippen LogP contribution in [0.25, 0.3) is 0 Å². The summed E-state index contributed by atoms with van der Waals surface area (Å²) in [6, 6.07) is 4.91. The van der Waals surface area contributed by atoms with Gasteiger partial charge in [-0.25, -0.2) is 0 Å². The summed E-state index contributed by atoms with van der Waals surface area (Å²) >= 11 is 0. The molecule has 0 radical (unpaired) electrons. The van der Waals surface area contributed by atoms with Crippen molar-refractivity contribution in [1.82, 2.24) is 0 Å².